The Balaban J connectivity index is 1.24. The summed E-state index contributed by atoms with van der Waals surface area (Å²) in [5.74, 6) is 1.28. The number of anilines is 2. The zero-order valence-corrected chi connectivity index (χ0v) is 20.9. The first-order valence-electron chi connectivity index (χ1n) is 12.0. The second kappa shape index (κ2) is 10.2. The summed E-state index contributed by atoms with van der Waals surface area (Å²) >= 11 is 0. The van der Waals surface area contributed by atoms with Gasteiger partial charge in [0.15, 0.2) is 11.5 Å². The van der Waals surface area contributed by atoms with Crippen LogP contribution in [0.1, 0.15) is 43.3 Å². The lowest BCUT2D eigenvalue weighted by atomic mass is 10.1. The molecule has 0 atom stereocenters. The highest BCUT2D eigenvalue weighted by molar-refractivity contribution is 6.08. The Morgan fingerprint density at radius 3 is 2.49 bits per heavy atom. The summed E-state index contributed by atoms with van der Waals surface area (Å²) in [6, 6.07) is 19.8. The molecule has 0 unspecified atom stereocenters. The Kier molecular flexibility index (Phi) is 6.64. The zero-order valence-electron chi connectivity index (χ0n) is 20.9. The van der Waals surface area contributed by atoms with E-state index >= 15 is 0 Å². The predicted molar refractivity (Wildman–Crippen MR) is 140 cm³/mol. The van der Waals surface area contributed by atoms with Gasteiger partial charge in [0.05, 0.1) is 18.4 Å². The van der Waals surface area contributed by atoms with E-state index in [0.717, 1.165) is 23.4 Å². The van der Waals surface area contributed by atoms with Crippen LogP contribution in [0.2, 0.25) is 0 Å². The second-order valence-corrected chi connectivity index (χ2v) is 8.82. The Bertz CT molecular complexity index is 1440. The molecule has 37 heavy (non-hydrogen) atoms. The summed E-state index contributed by atoms with van der Waals surface area (Å²) in [7, 11) is 1.52. The molecular formula is C29H27N3O5. The van der Waals surface area contributed by atoms with E-state index in [0.29, 0.717) is 40.6 Å². The van der Waals surface area contributed by atoms with Crippen molar-refractivity contribution >= 4 is 23.2 Å². The number of hydrogen-bond donors (Lipinski definition) is 1. The minimum atomic E-state index is -0.303. The lowest BCUT2D eigenvalue weighted by molar-refractivity contribution is 0.0988. The van der Waals surface area contributed by atoms with Crippen LogP contribution in [-0.4, -0.2) is 30.6 Å². The molecule has 2 heterocycles. The van der Waals surface area contributed by atoms with Gasteiger partial charge in [0, 0.05) is 29.0 Å². The SMILES string of the molecule is COc1cc(C(=O)Nc2ccc(C(=O)N3CCc4ccccc43)cc2)ccc1OCc1c(C)noc1C. The van der Waals surface area contributed by atoms with E-state index in [2.05, 4.69) is 10.5 Å². The molecule has 1 aliphatic heterocycles. The summed E-state index contributed by atoms with van der Waals surface area (Å²) in [5, 5.41) is 6.80. The highest BCUT2D eigenvalue weighted by Crippen LogP contribution is 2.31. The van der Waals surface area contributed by atoms with Gasteiger partial charge < -0.3 is 24.2 Å². The van der Waals surface area contributed by atoms with Gasteiger partial charge in [0.25, 0.3) is 11.8 Å². The van der Waals surface area contributed by atoms with Crippen molar-refractivity contribution in [3.8, 4) is 11.5 Å². The molecule has 188 valence electrons. The van der Waals surface area contributed by atoms with Crippen LogP contribution in [0.4, 0.5) is 11.4 Å². The highest BCUT2D eigenvalue weighted by Gasteiger charge is 2.25. The molecule has 0 spiro atoms. The molecule has 1 N–H and O–H groups in total. The molecule has 0 bridgehead atoms. The number of fused-ring (bicyclic) bond motifs is 1. The molecule has 2 amide bonds. The topological polar surface area (TPSA) is 93.9 Å². The number of rotatable bonds is 7. The van der Waals surface area contributed by atoms with Crippen molar-refractivity contribution in [2.75, 3.05) is 23.9 Å². The van der Waals surface area contributed by atoms with E-state index < -0.39 is 0 Å². The number of para-hydroxylation sites is 1. The van der Waals surface area contributed by atoms with Crippen LogP contribution in [0.25, 0.3) is 0 Å². The normalized spacial score (nSPS) is 12.2. The maximum Gasteiger partial charge on any atom is 0.258 e. The third-order valence-corrected chi connectivity index (χ3v) is 6.50. The molecule has 0 saturated carbocycles. The summed E-state index contributed by atoms with van der Waals surface area (Å²) in [6.07, 6.45) is 0.850. The second-order valence-electron chi connectivity index (χ2n) is 8.82. The van der Waals surface area contributed by atoms with E-state index in [4.69, 9.17) is 14.0 Å². The van der Waals surface area contributed by atoms with Gasteiger partial charge in [-0.05, 0) is 74.4 Å². The molecule has 4 aromatic rings. The van der Waals surface area contributed by atoms with Crippen molar-refractivity contribution in [2.24, 2.45) is 0 Å². The largest absolute Gasteiger partial charge is 0.493 e. The fraction of sp³-hybridized carbons (Fsp3) is 0.207. The van der Waals surface area contributed by atoms with Crippen molar-refractivity contribution in [2.45, 2.75) is 26.9 Å². The quantitative estimate of drug-likeness (QED) is 0.371. The van der Waals surface area contributed by atoms with Crippen molar-refractivity contribution in [3.05, 3.63) is 100 Å². The van der Waals surface area contributed by atoms with Crippen LogP contribution in [0.5, 0.6) is 11.5 Å². The predicted octanol–water partition coefficient (Wildman–Crippen LogP) is 5.33. The standard InChI is InChI=1S/C29H27N3O5/c1-18-24(19(2)37-31-18)17-36-26-13-10-22(16-27(26)35-3)28(33)30-23-11-8-21(9-12-23)29(34)32-15-14-20-6-4-5-7-25(20)32/h4-13,16H,14-15,17H2,1-3H3,(H,30,33). The number of nitrogens with zero attached hydrogens (tertiary/aromatic N) is 2. The van der Waals surface area contributed by atoms with Crippen molar-refractivity contribution in [1.29, 1.82) is 0 Å². The number of benzene rings is 3. The van der Waals surface area contributed by atoms with Gasteiger partial charge in [-0.1, -0.05) is 23.4 Å². The lowest BCUT2D eigenvalue weighted by Crippen LogP contribution is -2.28. The molecule has 1 aliphatic rings. The van der Waals surface area contributed by atoms with E-state index in [-0.39, 0.29) is 18.4 Å². The van der Waals surface area contributed by atoms with Crippen molar-refractivity contribution in [1.82, 2.24) is 5.16 Å². The number of aryl methyl sites for hydroxylation is 2. The minimum absolute atomic E-state index is 0.0558. The van der Waals surface area contributed by atoms with E-state index in [1.165, 1.54) is 12.7 Å². The van der Waals surface area contributed by atoms with Crippen LogP contribution < -0.4 is 19.7 Å². The zero-order chi connectivity index (χ0) is 25.9. The highest BCUT2D eigenvalue weighted by atomic mass is 16.5. The third kappa shape index (κ3) is 4.91. The molecule has 0 fully saturated rings. The van der Waals surface area contributed by atoms with Crippen LogP contribution in [0.15, 0.2) is 71.3 Å². The Morgan fingerprint density at radius 1 is 1.00 bits per heavy atom. The molecule has 0 radical (unpaired) electrons. The first-order chi connectivity index (χ1) is 17.9. The van der Waals surface area contributed by atoms with Gasteiger partial charge >= 0.3 is 0 Å². The van der Waals surface area contributed by atoms with Gasteiger partial charge in [-0.15, -0.1) is 0 Å². The average molecular weight is 498 g/mol. The Labute approximate surface area is 214 Å². The molecule has 5 rings (SSSR count). The Morgan fingerprint density at radius 2 is 1.76 bits per heavy atom. The van der Waals surface area contributed by atoms with E-state index in [1.807, 2.05) is 38.1 Å². The number of aromatic nitrogens is 1. The number of nitrogens with one attached hydrogen (secondary N) is 1. The molecule has 0 aliphatic carbocycles. The monoisotopic (exact) mass is 497 g/mol. The van der Waals surface area contributed by atoms with Gasteiger partial charge in [-0.2, -0.15) is 0 Å². The number of amides is 2. The Hall–Kier alpha value is -4.59. The maximum atomic E-state index is 13.0. The van der Waals surface area contributed by atoms with Gasteiger partial charge in [-0.25, -0.2) is 0 Å². The summed E-state index contributed by atoms with van der Waals surface area (Å²) < 4.78 is 16.5. The third-order valence-electron chi connectivity index (χ3n) is 6.50. The number of hydrogen-bond acceptors (Lipinski definition) is 6. The number of methoxy groups -OCH3 is 1. The van der Waals surface area contributed by atoms with Gasteiger partial charge in [0.1, 0.15) is 12.4 Å². The number of carbonyl (C=O) groups is 2. The first kappa shape index (κ1) is 24.1. The molecule has 8 heteroatoms. The fourth-order valence-electron chi connectivity index (χ4n) is 4.39. The van der Waals surface area contributed by atoms with E-state index in [9.17, 15) is 9.59 Å². The maximum absolute atomic E-state index is 13.0. The molecule has 3 aromatic carbocycles. The van der Waals surface area contributed by atoms with Crippen LogP contribution >= 0.6 is 0 Å². The number of carbonyl (C=O) groups excluding carboxylic acids is 2. The van der Waals surface area contributed by atoms with Gasteiger partial charge in [-0.3, -0.25) is 9.59 Å². The summed E-state index contributed by atoms with van der Waals surface area (Å²) in [4.78, 5) is 27.7. The lowest BCUT2D eigenvalue weighted by Gasteiger charge is -2.17. The van der Waals surface area contributed by atoms with Crippen molar-refractivity contribution < 1.29 is 23.6 Å². The molecule has 8 nitrogen and oxygen atoms in total. The van der Waals surface area contributed by atoms with Gasteiger partial charge in [0.2, 0.25) is 0 Å². The molecule has 1 aromatic heterocycles. The fourth-order valence-corrected chi connectivity index (χ4v) is 4.39. The average Bonchev–Trinajstić information content (AvgIpc) is 3.50. The minimum Gasteiger partial charge on any atom is -0.493 e. The van der Waals surface area contributed by atoms with Crippen LogP contribution in [0, 0.1) is 13.8 Å². The molecule has 0 saturated heterocycles. The first-order valence-corrected chi connectivity index (χ1v) is 12.0. The van der Waals surface area contributed by atoms with Crippen LogP contribution in [0.3, 0.4) is 0 Å². The smallest absolute Gasteiger partial charge is 0.258 e. The van der Waals surface area contributed by atoms with Crippen molar-refractivity contribution in [3.63, 3.8) is 0 Å². The van der Waals surface area contributed by atoms with Crippen LogP contribution in [-0.2, 0) is 13.0 Å². The summed E-state index contributed by atoms with van der Waals surface area (Å²) in [6.45, 7) is 4.62. The van der Waals surface area contributed by atoms with E-state index in [1.54, 1.807) is 47.4 Å². The number of ether oxygens (including phenoxy) is 2. The summed E-state index contributed by atoms with van der Waals surface area (Å²) in [5.41, 5.74) is 5.34. The molecular weight excluding hydrogens is 470 g/mol.